The van der Waals surface area contributed by atoms with Crippen molar-refractivity contribution in [3.05, 3.63) is 29.8 Å². The highest BCUT2D eigenvalue weighted by molar-refractivity contribution is 7.99. The van der Waals surface area contributed by atoms with E-state index < -0.39 is 0 Å². The van der Waals surface area contributed by atoms with Gasteiger partial charge in [0.05, 0.1) is 6.04 Å². The number of benzene rings is 1. The fourth-order valence-corrected chi connectivity index (χ4v) is 3.27. The number of nitrogens with one attached hydrogen (secondary N) is 1. The first-order valence-corrected chi connectivity index (χ1v) is 7.40. The number of rotatable bonds is 4. The molecule has 1 aromatic rings. The first-order chi connectivity index (χ1) is 8.70. The van der Waals surface area contributed by atoms with Gasteiger partial charge >= 0.3 is 0 Å². The van der Waals surface area contributed by atoms with Crippen LogP contribution >= 0.6 is 11.8 Å². The molecule has 1 amide bonds. The minimum atomic E-state index is 0.111. The average molecular weight is 264 g/mol. The SMILES string of the molecule is CC(CN)CC(=O)NC1CCSc2ccccc21. The monoisotopic (exact) mass is 264 g/mol. The van der Waals surface area contributed by atoms with E-state index in [-0.39, 0.29) is 17.9 Å². The van der Waals surface area contributed by atoms with Crippen LogP contribution in [0.1, 0.15) is 31.4 Å². The molecule has 1 heterocycles. The number of nitrogens with two attached hydrogens (primary N) is 1. The summed E-state index contributed by atoms with van der Waals surface area (Å²) in [5.74, 6) is 1.42. The van der Waals surface area contributed by atoms with Crippen LogP contribution in [0.25, 0.3) is 0 Å². The molecule has 0 saturated carbocycles. The van der Waals surface area contributed by atoms with Crippen molar-refractivity contribution in [3.8, 4) is 0 Å². The molecular formula is C14H20N2OS. The van der Waals surface area contributed by atoms with Crippen molar-refractivity contribution in [1.29, 1.82) is 0 Å². The van der Waals surface area contributed by atoms with Crippen molar-refractivity contribution in [3.63, 3.8) is 0 Å². The lowest BCUT2D eigenvalue weighted by molar-refractivity contribution is -0.122. The molecule has 1 aromatic carbocycles. The molecule has 1 aliphatic heterocycles. The van der Waals surface area contributed by atoms with E-state index in [1.54, 1.807) is 0 Å². The van der Waals surface area contributed by atoms with E-state index >= 15 is 0 Å². The van der Waals surface area contributed by atoms with Gasteiger partial charge in [-0.05, 0) is 30.5 Å². The topological polar surface area (TPSA) is 55.1 Å². The Kier molecular flexibility index (Phi) is 4.66. The number of carbonyl (C=O) groups is 1. The lowest BCUT2D eigenvalue weighted by atomic mass is 10.0. The Morgan fingerprint density at radius 2 is 2.33 bits per heavy atom. The molecule has 0 bridgehead atoms. The van der Waals surface area contributed by atoms with Crippen LogP contribution in [0.2, 0.25) is 0 Å². The van der Waals surface area contributed by atoms with Gasteiger partial charge in [0.25, 0.3) is 0 Å². The minimum absolute atomic E-state index is 0.111. The third-order valence-corrected chi connectivity index (χ3v) is 4.35. The number of amides is 1. The molecule has 0 saturated heterocycles. The molecule has 0 aromatic heterocycles. The summed E-state index contributed by atoms with van der Waals surface area (Å²) < 4.78 is 0. The lowest BCUT2D eigenvalue weighted by Crippen LogP contribution is -2.32. The maximum absolute atomic E-state index is 11.9. The number of fused-ring (bicyclic) bond motifs is 1. The molecule has 3 N–H and O–H groups in total. The molecule has 3 nitrogen and oxygen atoms in total. The van der Waals surface area contributed by atoms with Crippen molar-refractivity contribution < 1.29 is 4.79 Å². The Morgan fingerprint density at radius 3 is 3.11 bits per heavy atom. The second-order valence-electron chi connectivity index (χ2n) is 4.84. The Morgan fingerprint density at radius 1 is 1.56 bits per heavy atom. The predicted octanol–water partition coefficient (Wildman–Crippen LogP) is 2.32. The zero-order valence-corrected chi connectivity index (χ0v) is 11.5. The standard InChI is InChI=1S/C14H20N2OS/c1-10(9-15)8-14(17)16-12-6-7-18-13-5-3-2-4-11(12)13/h2-5,10,12H,6-9,15H2,1H3,(H,16,17). The predicted molar refractivity (Wildman–Crippen MR) is 75.5 cm³/mol. The summed E-state index contributed by atoms with van der Waals surface area (Å²) in [6, 6.07) is 8.48. The number of thioether (sulfide) groups is 1. The second kappa shape index (κ2) is 6.25. The van der Waals surface area contributed by atoms with Gasteiger partial charge in [0.15, 0.2) is 0 Å². The highest BCUT2D eigenvalue weighted by Crippen LogP contribution is 2.35. The van der Waals surface area contributed by atoms with Crippen molar-refractivity contribution in [2.45, 2.75) is 30.7 Å². The van der Waals surface area contributed by atoms with Crippen LogP contribution in [-0.2, 0) is 4.79 Å². The van der Waals surface area contributed by atoms with Gasteiger partial charge in [-0.1, -0.05) is 25.1 Å². The largest absolute Gasteiger partial charge is 0.349 e. The summed E-state index contributed by atoms with van der Waals surface area (Å²) in [5, 5.41) is 3.13. The quantitative estimate of drug-likeness (QED) is 0.877. The van der Waals surface area contributed by atoms with Crippen LogP contribution in [0.3, 0.4) is 0 Å². The number of hydrogen-bond donors (Lipinski definition) is 2. The third-order valence-electron chi connectivity index (χ3n) is 3.23. The smallest absolute Gasteiger partial charge is 0.220 e. The Hall–Kier alpha value is -1.00. The molecule has 0 aliphatic carbocycles. The zero-order chi connectivity index (χ0) is 13.0. The average Bonchev–Trinajstić information content (AvgIpc) is 2.39. The zero-order valence-electron chi connectivity index (χ0n) is 10.7. The van der Waals surface area contributed by atoms with E-state index in [9.17, 15) is 4.79 Å². The van der Waals surface area contributed by atoms with E-state index in [1.165, 1.54) is 10.5 Å². The summed E-state index contributed by atoms with van der Waals surface area (Å²) in [7, 11) is 0. The van der Waals surface area contributed by atoms with Gasteiger partial charge < -0.3 is 11.1 Å². The van der Waals surface area contributed by atoms with Gasteiger partial charge in [-0.3, -0.25) is 4.79 Å². The van der Waals surface area contributed by atoms with Crippen LogP contribution in [0.5, 0.6) is 0 Å². The maximum Gasteiger partial charge on any atom is 0.220 e. The van der Waals surface area contributed by atoms with Crippen LogP contribution in [0.4, 0.5) is 0 Å². The van der Waals surface area contributed by atoms with Gasteiger partial charge in [0.2, 0.25) is 5.91 Å². The van der Waals surface area contributed by atoms with E-state index in [0.717, 1.165) is 12.2 Å². The van der Waals surface area contributed by atoms with Crippen LogP contribution < -0.4 is 11.1 Å². The van der Waals surface area contributed by atoms with Crippen molar-refractivity contribution in [2.24, 2.45) is 11.7 Å². The van der Waals surface area contributed by atoms with Crippen LogP contribution in [0.15, 0.2) is 29.2 Å². The normalized spacial score (nSPS) is 20.0. The van der Waals surface area contributed by atoms with Crippen molar-refractivity contribution in [2.75, 3.05) is 12.3 Å². The molecule has 2 unspecified atom stereocenters. The van der Waals surface area contributed by atoms with Gasteiger partial charge in [0, 0.05) is 17.1 Å². The van der Waals surface area contributed by atoms with Gasteiger partial charge in [-0.2, -0.15) is 0 Å². The van der Waals surface area contributed by atoms with Crippen molar-refractivity contribution in [1.82, 2.24) is 5.32 Å². The lowest BCUT2D eigenvalue weighted by Gasteiger charge is -2.26. The van der Waals surface area contributed by atoms with Gasteiger partial charge in [0.1, 0.15) is 0 Å². The van der Waals surface area contributed by atoms with Gasteiger partial charge in [-0.25, -0.2) is 0 Å². The van der Waals surface area contributed by atoms with E-state index in [0.29, 0.717) is 13.0 Å². The Balaban J connectivity index is 2.01. The molecule has 0 radical (unpaired) electrons. The molecule has 2 atom stereocenters. The van der Waals surface area contributed by atoms with E-state index in [4.69, 9.17) is 5.73 Å². The van der Waals surface area contributed by atoms with Crippen molar-refractivity contribution >= 4 is 17.7 Å². The Labute approximate surface area is 113 Å². The maximum atomic E-state index is 11.9. The van der Waals surface area contributed by atoms with Gasteiger partial charge in [-0.15, -0.1) is 11.8 Å². The molecule has 1 aliphatic rings. The van der Waals surface area contributed by atoms with E-state index in [2.05, 4.69) is 17.4 Å². The summed E-state index contributed by atoms with van der Waals surface area (Å²) >= 11 is 1.87. The van der Waals surface area contributed by atoms with E-state index in [1.807, 2.05) is 30.8 Å². The number of hydrogen-bond acceptors (Lipinski definition) is 3. The first-order valence-electron chi connectivity index (χ1n) is 6.42. The molecule has 2 rings (SSSR count). The highest BCUT2D eigenvalue weighted by atomic mass is 32.2. The minimum Gasteiger partial charge on any atom is -0.349 e. The molecule has 4 heteroatoms. The molecule has 0 fully saturated rings. The summed E-state index contributed by atoms with van der Waals surface area (Å²) in [5.41, 5.74) is 6.80. The Bertz CT molecular complexity index is 422. The fourth-order valence-electron chi connectivity index (χ4n) is 2.15. The molecule has 18 heavy (non-hydrogen) atoms. The van der Waals surface area contributed by atoms with Crippen LogP contribution in [0, 0.1) is 5.92 Å². The molecular weight excluding hydrogens is 244 g/mol. The highest BCUT2D eigenvalue weighted by Gasteiger charge is 2.22. The number of carbonyl (C=O) groups excluding carboxylic acids is 1. The third kappa shape index (κ3) is 3.27. The summed E-state index contributed by atoms with van der Waals surface area (Å²) in [4.78, 5) is 13.2. The molecule has 0 spiro atoms. The summed E-state index contributed by atoms with van der Waals surface area (Å²) in [6.45, 7) is 2.56. The second-order valence-corrected chi connectivity index (χ2v) is 5.98. The molecule has 98 valence electrons. The first kappa shape index (κ1) is 13.4. The van der Waals surface area contributed by atoms with Crippen LogP contribution in [-0.4, -0.2) is 18.2 Å². The fraction of sp³-hybridized carbons (Fsp3) is 0.500. The summed E-state index contributed by atoms with van der Waals surface area (Å²) in [6.07, 6.45) is 1.52.